The Morgan fingerprint density at radius 1 is 1.43 bits per heavy atom. The summed E-state index contributed by atoms with van der Waals surface area (Å²) in [6.07, 6.45) is 4.36. The summed E-state index contributed by atoms with van der Waals surface area (Å²) in [5.74, 6) is -0.980. The zero-order valence-corrected chi connectivity index (χ0v) is 20.3. The van der Waals surface area contributed by atoms with Crippen LogP contribution in [0.4, 0.5) is 13.8 Å². The van der Waals surface area contributed by atoms with E-state index in [0.29, 0.717) is 12.0 Å². The van der Waals surface area contributed by atoms with E-state index in [4.69, 9.17) is 22.1 Å². The Balaban J connectivity index is 1.60. The Morgan fingerprint density at radius 2 is 2.23 bits per heavy atom. The van der Waals surface area contributed by atoms with Gasteiger partial charge in [-0.1, -0.05) is 23.7 Å². The maximum Gasteiger partial charge on any atom is 0.317 e. The molecule has 178 valence electrons. The number of benzene rings is 2. The molecule has 0 radical (unpaired) electrons. The van der Waals surface area contributed by atoms with Crippen molar-refractivity contribution in [3.63, 3.8) is 0 Å². The molecule has 1 aliphatic heterocycles. The molecule has 2 N–H and O–H groups in total. The van der Waals surface area contributed by atoms with E-state index < -0.39 is 11.6 Å². The fraction of sp³-hybridized carbons (Fsp3) is 0.240. The van der Waals surface area contributed by atoms with Crippen molar-refractivity contribution in [2.24, 2.45) is 5.92 Å². The number of nitrogen functional groups attached to an aromatic ring is 1. The lowest BCUT2D eigenvalue weighted by molar-refractivity contribution is 0.173. The van der Waals surface area contributed by atoms with Gasteiger partial charge in [-0.25, -0.2) is 13.8 Å². The number of hydrogen-bond acceptors (Lipinski definition) is 7. The van der Waals surface area contributed by atoms with Crippen LogP contribution >= 0.6 is 22.9 Å². The second-order valence-electron chi connectivity index (χ2n) is 8.44. The van der Waals surface area contributed by atoms with E-state index in [0.717, 1.165) is 24.3 Å². The van der Waals surface area contributed by atoms with Gasteiger partial charge in [0.2, 0.25) is 0 Å². The monoisotopic (exact) mass is 511 g/mol. The number of fused-ring (bicyclic) bond motifs is 2. The van der Waals surface area contributed by atoms with Crippen molar-refractivity contribution >= 4 is 48.9 Å². The fourth-order valence-electron chi connectivity index (χ4n) is 4.64. The molecule has 0 spiro atoms. The number of rotatable bonds is 5. The first kappa shape index (κ1) is 23.4. The van der Waals surface area contributed by atoms with Gasteiger partial charge in [-0.05, 0) is 43.6 Å². The molecule has 1 saturated heterocycles. The minimum atomic E-state index is -0.719. The molecule has 1 fully saturated rings. The van der Waals surface area contributed by atoms with Crippen LogP contribution in [0.25, 0.3) is 32.1 Å². The summed E-state index contributed by atoms with van der Waals surface area (Å²) in [4.78, 5) is 10.7. The number of thiophene rings is 1. The molecule has 35 heavy (non-hydrogen) atoms. The highest BCUT2D eigenvalue weighted by Gasteiger charge is 2.30. The van der Waals surface area contributed by atoms with Crippen molar-refractivity contribution in [1.82, 2.24) is 14.9 Å². The van der Waals surface area contributed by atoms with Crippen molar-refractivity contribution in [3.8, 4) is 23.2 Å². The minimum absolute atomic E-state index is 0.00497. The molecule has 0 saturated carbocycles. The molecule has 10 heteroatoms. The molecule has 1 aliphatic rings. The number of likely N-dealkylation sites (N-methyl/N-ethyl adjacent to an activating group) is 1. The van der Waals surface area contributed by atoms with Gasteiger partial charge in [0.05, 0.1) is 15.3 Å². The van der Waals surface area contributed by atoms with Crippen LogP contribution in [0.15, 0.2) is 37.1 Å². The lowest BCUT2D eigenvalue weighted by Crippen LogP contribution is -2.34. The van der Waals surface area contributed by atoms with Gasteiger partial charge in [0.15, 0.2) is 5.82 Å². The highest BCUT2D eigenvalue weighted by Crippen LogP contribution is 2.44. The van der Waals surface area contributed by atoms with Gasteiger partial charge < -0.3 is 10.5 Å². The van der Waals surface area contributed by atoms with Gasteiger partial charge >= 0.3 is 6.01 Å². The Morgan fingerprint density at radius 3 is 2.97 bits per heavy atom. The van der Waals surface area contributed by atoms with Crippen LogP contribution in [-0.4, -0.2) is 41.1 Å². The molecule has 0 amide bonds. The molecule has 0 unspecified atom stereocenters. The summed E-state index contributed by atoms with van der Waals surface area (Å²) in [6.45, 7) is 5.16. The lowest BCUT2D eigenvalue weighted by atomic mass is 9.97. The largest absolute Gasteiger partial charge is 0.462 e. The summed E-state index contributed by atoms with van der Waals surface area (Å²) in [5.41, 5.74) is 6.29. The maximum absolute atomic E-state index is 15.9. The summed E-state index contributed by atoms with van der Waals surface area (Å²) >= 11 is 7.41. The molecule has 2 aromatic heterocycles. The zero-order valence-electron chi connectivity index (χ0n) is 18.7. The number of nitrogens with two attached hydrogens (primary N) is 1. The van der Waals surface area contributed by atoms with E-state index in [1.807, 2.05) is 19.2 Å². The Hall–Kier alpha value is -3.32. The molecule has 0 aliphatic carbocycles. The first-order chi connectivity index (χ1) is 16.8. The molecule has 2 aromatic carbocycles. The summed E-state index contributed by atoms with van der Waals surface area (Å²) < 4.78 is 36.4. The van der Waals surface area contributed by atoms with Crippen LogP contribution in [0.1, 0.15) is 12.0 Å². The van der Waals surface area contributed by atoms with Crippen LogP contribution in [0.5, 0.6) is 6.01 Å². The van der Waals surface area contributed by atoms with Gasteiger partial charge in [-0.3, -0.25) is 4.90 Å². The molecule has 2 atom stereocenters. The van der Waals surface area contributed by atoms with Crippen molar-refractivity contribution in [3.05, 3.63) is 59.3 Å². The third kappa shape index (κ3) is 3.88. The summed E-state index contributed by atoms with van der Waals surface area (Å²) in [7, 11) is 2.02. The lowest BCUT2D eigenvalue weighted by Gasteiger charge is -2.22. The second kappa shape index (κ2) is 9.04. The summed E-state index contributed by atoms with van der Waals surface area (Å²) in [5, 5.41) is 10.4. The van der Waals surface area contributed by atoms with Crippen molar-refractivity contribution in [2.75, 3.05) is 25.9 Å². The highest BCUT2D eigenvalue weighted by molar-refractivity contribution is 7.23. The predicted octanol–water partition coefficient (Wildman–Crippen LogP) is 5.78. The van der Waals surface area contributed by atoms with Crippen LogP contribution < -0.4 is 10.5 Å². The Labute approximate surface area is 209 Å². The van der Waals surface area contributed by atoms with Crippen molar-refractivity contribution < 1.29 is 13.5 Å². The fourth-order valence-corrected chi connectivity index (χ4v) is 5.89. The number of nitriles is 1. The molecular weight excluding hydrogens is 492 g/mol. The number of anilines is 1. The second-order valence-corrected chi connectivity index (χ2v) is 9.90. The van der Waals surface area contributed by atoms with Gasteiger partial charge in [-0.2, -0.15) is 10.2 Å². The van der Waals surface area contributed by atoms with E-state index in [-0.39, 0.29) is 60.3 Å². The molecule has 4 aromatic rings. The predicted molar refractivity (Wildman–Crippen MR) is 135 cm³/mol. The number of ether oxygens (including phenoxy) is 1. The average molecular weight is 512 g/mol. The van der Waals surface area contributed by atoms with Crippen LogP contribution in [0.2, 0.25) is 5.02 Å². The number of hydrogen-bond donors (Lipinski definition) is 1. The quantitative estimate of drug-likeness (QED) is 0.342. The normalized spacial score (nSPS) is 18.3. The molecule has 0 bridgehead atoms. The standard InChI is InChI=1S/C25H20ClF2N5OS/c1-3-12-6-7-33(2)18(12)11-34-25-31-10-13-8-16(26)20(21(28)22(13)32-25)14-4-5-17(27)23-19(14)15(9-29)24(30)35-23/h3-5,8,10,12,18H,1,6-7,11,30H2,2H3/t12-,18+/m0/s1. The van der Waals surface area contributed by atoms with E-state index in [2.05, 4.69) is 21.4 Å². The smallest absolute Gasteiger partial charge is 0.317 e. The van der Waals surface area contributed by atoms with Crippen molar-refractivity contribution in [2.45, 2.75) is 12.5 Å². The average Bonchev–Trinajstić information content (AvgIpc) is 3.38. The van der Waals surface area contributed by atoms with Crippen LogP contribution in [-0.2, 0) is 0 Å². The number of likely N-dealkylation sites (tertiary alicyclic amines) is 1. The maximum atomic E-state index is 15.9. The number of aromatic nitrogens is 2. The van der Waals surface area contributed by atoms with Crippen LogP contribution in [0, 0.1) is 28.9 Å². The van der Waals surface area contributed by atoms with Gasteiger partial charge in [-0.15, -0.1) is 17.9 Å². The minimum Gasteiger partial charge on any atom is -0.462 e. The Bertz CT molecular complexity index is 1530. The first-order valence-electron chi connectivity index (χ1n) is 10.8. The molecule has 6 nitrogen and oxygen atoms in total. The molecular formula is C25H20ClF2N5OS. The zero-order chi connectivity index (χ0) is 24.9. The number of nitrogens with zero attached hydrogens (tertiary/aromatic N) is 4. The van der Waals surface area contributed by atoms with E-state index in [9.17, 15) is 9.65 Å². The molecule has 5 rings (SSSR count). The molecule has 3 heterocycles. The first-order valence-corrected chi connectivity index (χ1v) is 12.0. The van der Waals surface area contributed by atoms with Crippen LogP contribution in [0.3, 0.4) is 0 Å². The topological polar surface area (TPSA) is 88.1 Å². The van der Waals surface area contributed by atoms with Gasteiger partial charge in [0.1, 0.15) is 29.0 Å². The van der Waals surface area contributed by atoms with Gasteiger partial charge in [0.25, 0.3) is 0 Å². The third-order valence-electron chi connectivity index (χ3n) is 6.50. The van der Waals surface area contributed by atoms with Crippen molar-refractivity contribution in [1.29, 1.82) is 5.26 Å². The summed E-state index contributed by atoms with van der Waals surface area (Å²) in [6, 6.07) is 6.29. The van der Waals surface area contributed by atoms with E-state index in [1.54, 1.807) is 0 Å². The Kier molecular flexibility index (Phi) is 6.05. The highest BCUT2D eigenvalue weighted by atomic mass is 35.5. The van der Waals surface area contributed by atoms with E-state index >= 15 is 4.39 Å². The third-order valence-corrected chi connectivity index (χ3v) is 7.83. The SMILES string of the molecule is C=C[C@H]1CCN(C)[C@@H]1COc1ncc2cc(Cl)c(-c3ccc(F)c4sc(N)c(C#N)c34)c(F)c2n1. The van der Waals surface area contributed by atoms with Gasteiger partial charge in [0, 0.05) is 28.6 Å². The number of halogens is 3. The van der Waals surface area contributed by atoms with E-state index in [1.165, 1.54) is 24.4 Å².